The number of nitrogens with one attached hydrogen (secondary N) is 1. The van der Waals surface area contributed by atoms with Crippen molar-refractivity contribution >= 4 is 50.5 Å². The molecule has 0 bridgehead atoms. The monoisotopic (exact) mass is 443 g/mol. The van der Waals surface area contributed by atoms with Crippen LogP contribution in [-0.4, -0.2) is 25.6 Å². The van der Waals surface area contributed by atoms with E-state index in [4.69, 9.17) is 18.3 Å². The van der Waals surface area contributed by atoms with Crippen molar-refractivity contribution in [3.8, 4) is 5.75 Å². The molecular weight excluding hydrogens is 426 g/mol. The van der Waals surface area contributed by atoms with Gasteiger partial charge in [0.25, 0.3) is 5.91 Å². The van der Waals surface area contributed by atoms with E-state index in [2.05, 4.69) is 5.32 Å². The van der Waals surface area contributed by atoms with Crippen LogP contribution in [0.5, 0.6) is 5.75 Å². The van der Waals surface area contributed by atoms with E-state index in [0.29, 0.717) is 33.6 Å². The van der Waals surface area contributed by atoms with E-state index in [-0.39, 0.29) is 5.56 Å². The fourth-order valence-electron chi connectivity index (χ4n) is 3.62. The molecule has 0 aliphatic rings. The van der Waals surface area contributed by atoms with Crippen molar-refractivity contribution in [1.29, 1.82) is 0 Å². The number of ether oxygens (including phenoxy) is 2. The molecule has 5 rings (SSSR count). The summed E-state index contributed by atoms with van der Waals surface area (Å²) in [4.78, 5) is 36.9. The van der Waals surface area contributed by atoms with Crippen molar-refractivity contribution in [3.63, 3.8) is 0 Å². The molecule has 0 saturated heterocycles. The van der Waals surface area contributed by atoms with Crippen molar-refractivity contribution in [3.05, 3.63) is 82.7 Å². The molecule has 0 saturated carbocycles. The average molecular weight is 443 g/mol. The van der Waals surface area contributed by atoms with Crippen molar-refractivity contribution in [1.82, 2.24) is 0 Å². The summed E-state index contributed by atoms with van der Waals surface area (Å²) in [6.07, 6.45) is 0. The first-order valence-corrected chi connectivity index (χ1v) is 10.0. The predicted molar refractivity (Wildman–Crippen MR) is 122 cm³/mol. The lowest BCUT2D eigenvalue weighted by Crippen LogP contribution is -2.23. The second-order valence-corrected chi connectivity index (χ2v) is 7.26. The predicted octanol–water partition coefficient (Wildman–Crippen LogP) is 4.50. The Morgan fingerprint density at radius 1 is 0.879 bits per heavy atom. The SMILES string of the molecule is COc1cc2c(cc1NC(=O)COC(=O)c1cc3ccccc3oc1=O)oc1ccccc12. The van der Waals surface area contributed by atoms with E-state index >= 15 is 0 Å². The first-order valence-electron chi connectivity index (χ1n) is 10.0. The summed E-state index contributed by atoms with van der Waals surface area (Å²) in [5.74, 6) is -1.14. The van der Waals surface area contributed by atoms with Crippen LogP contribution in [0.1, 0.15) is 10.4 Å². The van der Waals surface area contributed by atoms with Crippen LogP contribution in [0, 0.1) is 0 Å². The molecule has 8 heteroatoms. The molecule has 5 aromatic rings. The number of hydrogen-bond acceptors (Lipinski definition) is 7. The number of methoxy groups -OCH3 is 1. The Hall–Kier alpha value is -4.59. The maximum absolute atomic E-state index is 12.4. The number of benzene rings is 3. The molecule has 0 spiro atoms. The van der Waals surface area contributed by atoms with Gasteiger partial charge in [0, 0.05) is 22.2 Å². The average Bonchev–Trinajstić information content (AvgIpc) is 3.18. The number of esters is 1. The van der Waals surface area contributed by atoms with E-state index < -0.39 is 24.1 Å². The second-order valence-electron chi connectivity index (χ2n) is 7.26. The van der Waals surface area contributed by atoms with Crippen molar-refractivity contribution in [2.24, 2.45) is 0 Å². The number of carbonyl (C=O) groups is 2. The minimum Gasteiger partial charge on any atom is -0.495 e. The van der Waals surface area contributed by atoms with Crippen LogP contribution in [0.15, 0.2) is 80.4 Å². The maximum Gasteiger partial charge on any atom is 0.351 e. The van der Waals surface area contributed by atoms with Gasteiger partial charge in [0.1, 0.15) is 28.1 Å². The Morgan fingerprint density at radius 2 is 1.64 bits per heavy atom. The van der Waals surface area contributed by atoms with Gasteiger partial charge in [0.15, 0.2) is 6.61 Å². The van der Waals surface area contributed by atoms with Gasteiger partial charge in [-0.05, 0) is 24.3 Å². The standard InChI is InChI=1S/C25H17NO7/c1-30-22-11-16-15-7-3-5-9-20(15)32-21(16)12-18(22)26-23(27)13-31-24(28)17-10-14-6-2-4-8-19(14)33-25(17)29/h2-12H,13H2,1H3,(H,26,27). The zero-order chi connectivity index (χ0) is 22.9. The van der Waals surface area contributed by atoms with E-state index in [1.807, 2.05) is 24.3 Å². The number of hydrogen-bond donors (Lipinski definition) is 1. The second kappa shape index (κ2) is 8.16. The highest BCUT2D eigenvalue weighted by molar-refractivity contribution is 6.08. The molecule has 33 heavy (non-hydrogen) atoms. The highest BCUT2D eigenvalue weighted by Crippen LogP contribution is 2.36. The smallest absolute Gasteiger partial charge is 0.351 e. The van der Waals surface area contributed by atoms with Crippen LogP contribution in [0.4, 0.5) is 5.69 Å². The summed E-state index contributed by atoms with van der Waals surface area (Å²) in [5.41, 5.74) is 0.860. The van der Waals surface area contributed by atoms with Gasteiger partial charge in [-0.3, -0.25) is 4.79 Å². The van der Waals surface area contributed by atoms with Gasteiger partial charge in [-0.2, -0.15) is 0 Å². The third-order valence-corrected chi connectivity index (χ3v) is 5.17. The van der Waals surface area contributed by atoms with E-state index in [1.54, 1.807) is 36.4 Å². The van der Waals surface area contributed by atoms with Crippen LogP contribution < -0.4 is 15.7 Å². The minimum absolute atomic E-state index is 0.289. The van der Waals surface area contributed by atoms with Gasteiger partial charge in [0.05, 0.1) is 12.8 Å². The quantitative estimate of drug-likeness (QED) is 0.315. The molecule has 0 radical (unpaired) electrons. The van der Waals surface area contributed by atoms with Crippen molar-refractivity contribution in [2.45, 2.75) is 0 Å². The Morgan fingerprint density at radius 3 is 2.45 bits per heavy atom. The third kappa shape index (κ3) is 3.78. The molecule has 0 aliphatic carbocycles. The van der Waals surface area contributed by atoms with Gasteiger partial charge in [-0.1, -0.05) is 36.4 Å². The molecule has 2 heterocycles. The largest absolute Gasteiger partial charge is 0.495 e. The van der Waals surface area contributed by atoms with Gasteiger partial charge < -0.3 is 23.6 Å². The Balaban J connectivity index is 1.34. The summed E-state index contributed by atoms with van der Waals surface area (Å²) in [7, 11) is 1.48. The normalized spacial score (nSPS) is 11.1. The minimum atomic E-state index is -0.954. The number of amides is 1. The highest BCUT2D eigenvalue weighted by atomic mass is 16.5. The number of rotatable bonds is 5. The first kappa shape index (κ1) is 20.3. The Bertz CT molecular complexity index is 1600. The number of carbonyl (C=O) groups excluding carboxylic acids is 2. The van der Waals surface area contributed by atoms with Gasteiger partial charge in [-0.15, -0.1) is 0 Å². The van der Waals surface area contributed by atoms with Crippen molar-refractivity contribution < 1.29 is 27.9 Å². The number of para-hydroxylation sites is 2. The van der Waals surface area contributed by atoms with E-state index in [1.165, 1.54) is 13.2 Å². The molecule has 164 valence electrons. The molecule has 0 aliphatic heterocycles. The summed E-state index contributed by atoms with van der Waals surface area (Å²) in [6.45, 7) is -0.605. The molecular formula is C25H17NO7. The van der Waals surface area contributed by atoms with Crippen LogP contribution in [-0.2, 0) is 9.53 Å². The Kier molecular flexibility index (Phi) is 5.02. The number of fused-ring (bicyclic) bond motifs is 4. The zero-order valence-corrected chi connectivity index (χ0v) is 17.4. The molecule has 3 aromatic carbocycles. The first-order chi connectivity index (χ1) is 16.0. The van der Waals surface area contributed by atoms with E-state index in [0.717, 1.165) is 10.8 Å². The molecule has 0 fully saturated rings. The number of furan rings is 1. The lowest BCUT2D eigenvalue weighted by molar-refractivity contribution is -0.119. The lowest BCUT2D eigenvalue weighted by Gasteiger charge is -2.10. The molecule has 1 N–H and O–H groups in total. The van der Waals surface area contributed by atoms with Gasteiger partial charge in [0.2, 0.25) is 0 Å². The fraction of sp³-hybridized carbons (Fsp3) is 0.0800. The fourth-order valence-corrected chi connectivity index (χ4v) is 3.62. The zero-order valence-electron chi connectivity index (χ0n) is 17.4. The summed E-state index contributed by atoms with van der Waals surface area (Å²) < 4.78 is 21.4. The molecule has 8 nitrogen and oxygen atoms in total. The highest BCUT2D eigenvalue weighted by Gasteiger charge is 2.18. The van der Waals surface area contributed by atoms with Crippen LogP contribution in [0.3, 0.4) is 0 Å². The maximum atomic E-state index is 12.4. The van der Waals surface area contributed by atoms with Gasteiger partial charge >= 0.3 is 11.6 Å². The molecule has 0 atom stereocenters. The summed E-state index contributed by atoms with van der Waals surface area (Å²) in [5, 5.41) is 4.98. The summed E-state index contributed by atoms with van der Waals surface area (Å²) in [6, 6.07) is 19.1. The topological polar surface area (TPSA) is 108 Å². The molecule has 1 amide bonds. The van der Waals surface area contributed by atoms with E-state index in [9.17, 15) is 14.4 Å². The molecule has 0 unspecified atom stereocenters. The third-order valence-electron chi connectivity index (χ3n) is 5.17. The van der Waals surface area contributed by atoms with Crippen molar-refractivity contribution in [2.75, 3.05) is 19.0 Å². The van der Waals surface area contributed by atoms with Crippen LogP contribution in [0.25, 0.3) is 32.9 Å². The lowest BCUT2D eigenvalue weighted by atomic mass is 10.1. The molecule has 2 aromatic heterocycles. The number of anilines is 1. The van der Waals surface area contributed by atoms with Gasteiger partial charge in [-0.25, -0.2) is 9.59 Å². The van der Waals surface area contributed by atoms with Crippen LogP contribution in [0.2, 0.25) is 0 Å². The summed E-state index contributed by atoms with van der Waals surface area (Å²) >= 11 is 0. The van der Waals surface area contributed by atoms with Crippen LogP contribution >= 0.6 is 0 Å². The Labute approximate surface area is 186 Å².